The van der Waals surface area contributed by atoms with Gasteiger partial charge in [0.2, 0.25) is 0 Å². The Morgan fingerprint density at radius 2 is 2.14 bits per heavy atom. The van der Waals surface area contributed by atoms with Crippen molar-refractivity contribution in [2.45, 2.75) is 6.92 Å². The molecule has 4 heteroatoms. The van der Waals surface area contributed by atoms with Gasteiger partial charge in [0.25, 0.3) is 0 Å². The van der Waals surface area contributed by atoms with Crippen LogP contribution in [0.5, 0.6) is 5.75 Å². The number of hydrogen-bond acceptors (Lipinski definition) is 3. The van der Waals surface area contributed by atoms with Gasteiger partial charge in [-0.05, 0) is 35.0 Å². The summed E-state index contributed by atoms with van der Waals surface area (Å²) >= 11 is 3.24. The van der Waals surface area contributed by atoms with E-state index in [1.807, 2.05) is 0 Å². The van der Waals surface area contributed by atoms with Gasteiger partial charge in [0, 0.05) is 5.56 Å². The third-order valence-corrected chi connectivity index (χ3v) is 2.47. The largest absolute Gasteiger partial charge is 0.495 e. The highest BCUT2D eigenvalue weighted by molar-refractivity contribution is 9.10. The fourth-order valence-corrected chi connectivity index (χ4v) is 1.71. The zero-order valence-corrected chi connectivity index (χ0v) is 9.42. The minimum absolute atomic E-state index is 0.155. The Morgan fingerprint density at radius 1 is 1.50 bits per heavy atom. The Kier molecular flexibility index (Phi) is 3.41. The summed E-state index contributed by atoms with van der Waals surface area (Å²) < 4.78 is 5.69. The number of methoxy groups -OCH3 is 1. The number of hydrogen-bond donors (Lipinski definition) is 0. The van der Waals surface area contributed by atoms with Crippen molar-refractivity contribution in [2.75, 3.05) is 7.11 Å². The first-order valence-electron chi connectivity index (χ1n) is 3.94. The molecule has 0 fully saturated rings. The van der Waals surface area contributed by atoms with Crippen LogP contribution in [0.15, 0.2) is 16.6 Å². The van der Waals surface area contributed by atoms with E-state index in [1.165, 1.54) is 14.0 Å². The number of ketones is 1. The first-order valence-corrected chi connectivity index (χ1v) is 4.73. The number of Topliss-reactive ketones (excluding diaryl/α,β-unsaturated/α-hetero) is 1. The van der Waals surface area contributed by atoms with Gasteiger partial charge < -0.3 is 4.74 Å². The standard InChI is InChI=1S/C10H9BrO3/c1-6(13)7-3-4-9(11)10(14-2)8(7)5-12/h3-5H,1-2H3. The highest BCUT2D eigenvalue weighted by Gasteiger charge is 2.14. The number of aldehydes is 1. The molecule has 0 atom stereocenters. The third-order valence-electron chi connectivity index (χ3n) is 1.85. The van der Waals surface area contributed by atoms with E-state index in [0.717, 1.165) is 0 Å². The van der Waals surface area contributed by atoms with Gasteiger partial charge in [-0.15, -0.1) is 0 Å². The second-order valence-electron chi connectivity index (χ2n) is 2.72. The fraction of sp³-hybridized carbons (Fsp3) is 0.200. The topological polar surface area (TPSA) is 43.4 Å². The van der Waals surface area contributed by atoms with Crippen molar-refractivity contribution in [3.63, 3.8) is 0 Å². The summed E-state index contributed by atoms with van der Waals surface area (Å²) in [5.74, 6) is 0.241. The molecule has 1 aromatic rings. The summed E-state index contributed by atoms with van der Waals surface area (Å²) in [4.78, 5) is 22.0. The van der Waals surface area contributed by atoms with Gasteiger partial charge in [0.1, 0.15) is 5.75 Å². The van der Waals surface area contributed by atoms with E-state index in [9.17, 15) is 9.59 Å². The van der Waals surface area contributed by atoms with E-state index in [4.69, 9.17) is 4.74 Å². The zero-order chi connectivity index (χ0) is 10.7. The number of rotatable bonds is 3. The van der Waals surface area contributed by atoms with Gasteiger partial charge in [-0.25, -0.2) is 0 Å². The SMILES string of the molecule is COc1c(Br)ccc(C(C)=O)c1C=O. The Balaban J connectivity index is 3.48. The Bertz CT molecular complexity index is 385. The highest BCUT2D eigenvalue weighted by atomic mass is 79.9. The predicted octanol–water partition coefficient (Wildman–Crippen LogP) is 2.47. The number of ether oxygens (including phenoxy) is 1. The lowest BCUT2D eigenvalue weighted by atomic mass is 10.0. The minimum Gasteiger partial charge on any atom is -0.495 e. The lowest BCUT2D eigenvalue weighted by Gasteiger charge is -2.08. The monoisotopic (exact) mass is 256 g/mol. The van der Waals surface area contributed by atoms with Crippen LogP contribution < -0.4 is 4.74 Å². The molecule has 0 aliphatic rings. The molecule has 0 aromatic heterocycles. The van der Waals surface area contributed by atoms with Crippen molar-refractivity contribution in [2.24, 2.45) is 0 Å². The number of benzene rings is 1. The average Bonchev–Trinajstić information content (AvgIpc) is 2.16. The molecular weight excluding hydrogens is 248 g/mol. The molecule has 0 saturated carbocycles. The molecule has 74 valence electrons. The van der Waals surface area contributed by atoms with E-state index in [1.54, 1.807) is 12.1 Å². The highest BCUT2D eigenvalue weighted by Crippen LogP contribution is 2.30. The van der Waals surface area contributed by atoms with Crippen LogP contribution in [0, 0.1) is 0 Å². The van der Waals surface area contributed by atoms with Gasteiger partial charge in [-0.3, -0.25) is 9.59 Å². The van der Waals surface area contributed by atoms with E-state index in [0.29, 0.717) is 22.1 Å². The summed E-state index contributed by atoms with van der Waals surface area (Å²) in [6.07, 6.45) is 0.625. The lowest BCUT2D eigenvalue weighted by Crippen LogP contribution is -2.02. The fourth-order valence-electron chi connectivity index (χ4n) is 1.20. The van der Waals surface area contributed by atoms with Crippen LogP contribution in [0.3, 0.4) is 0 Å². The molecule has 3 nitrogen and oxygen atoms in total. The van der Waals surface area contributed by atoms with Crippen LogP contribution in [0.4, 0.5) is 0 Å². The van der Waals surface area contributed by atoms with Crippen LogP contribution in [0.25, 0.3) is 0 Å². The van der Waals surface area contributed by atoms with E-state index < -0.39 is 0 Å². The van der Waals surface area contributed by atoms with Crippen LogP contribution in [-0.4, -0.2) is 19.2 Å². The maximum atomic E-state index is 11.2. The second kappa shape index (κ2) is 4.37. The molecule has 0 saturated heterocycles. The molecule has 0 spiro atoms. The lowest BCUT2D eigenvalue weighted by molar-refractivity contribution is 0.100. The Labute approximate surface area is 90.2 Å². The summed E-state index contributed by atoms with van der Waals surface area (Å²) in [5, 5.41) is 0. The molecule has 1 aromatic carbocycles. The molecule has 0 aliphatic heterocycles. The molecule has 0 heterocycles. The molecule has 0 bridgehead atoms. The van der Waals surface area contributed by atoms with E-state index in [2.05, 4.69) is 15.9 Å². The van der Waals surface area contributed by atoms with Crippen molar-refractivity contribution < 1.29 is 14.3 Å². The van der Waals surface area contributed by atoms with Crippen molar-refractivity contribution in [1.29, 1.82) is 0 Å². The Hall–Kier alpha value is -1.16. The molecule has 1 rings (SSSR count). The van der Waals surface area contributed by atoms with Gasteiger partial charge in [0.15, 0.2) is 12.1 Å². The molecule has 0 N–H and O–H groups in total. The maximum absolute atomic E-state index is 11.2. The summed E-state index contributed by atoms with van der Waals surface area (Å²) in [6.45, 7) is 1.41. The predicted molar refractivity (Wildman–Crippen MR) is 56.1 cm³/mol. The van der Waals surface area contributed by atoms with Crippen molar-refractivity contribution in [1.82, 2.24) is 0 Å². The van der Waals surface area contributed by atoms with Gasteiger partial charge in [-0.2, -0.15) is 0 Å². The van der Waals surface area contributed by atoms with Gasteiger partial charge in [0.05, 0.1) is 17.1 Å². The third kappa shape index (κ3) is 1.85. The molecule has 0 amide bonds. The molecular formula is C10H9BrO3. The smallest absolute Gasteiger partial charge is 0.160 e. The second-order valence-corrected chi connectivity index (χ2v) is 3.57. The summed E-state index contributed by atoms with van der Waals surface area (Å²) in [6, 6.07) is 3.28. The molecule has 14 heavy (non-hydrogen) atoms. The van der Waals surface area contributed by atoms with E-state index in [-0.39, 0.29) is 11.3 Å². The van der Waals surface area contributed by atoms with Gasteiger partial charge in [-0.1, -0.05) is 0 Å². The molecule has 0 unspecified atom stereocenters. The summed E-state index contributed by atoms with van der Waals surface area (Å²) in [5.41, 5.74) is 0.662. The first kappa shape index (κ1) is 10.9. The average molecular weight is 257 g/mol. The first-order chi connectivity index (χ1) is 6.61. The van der Waals surface area contributed by atoms with Crippen LogP contribution in [-0.2, 0) is 0 Å². The van der Waals surface area contributed by atoms with Crippen molar-refractivity contribution >= 4 is 28.0 Å². The van der Waals surface area contributed by atoms with Crippen LogP contribution in [0.2, 0.25) is 0 Å². The van der Waals surface area contributed by atoms with Gasteiger partial charge >= 0.3 is 0 Å². The molecule has 0 aliphatic carbocycles. The summed E-state index contributed by atoms with van der Waals surface area (Å²) in [7, 11) is 1.46. The number of halogens is 1. The zero-order valence-electron chi connectivity index (χ0n) is 7.83. The number of carbonyl (C=O) groups excluding carboxylic acids is 2. The number of carbonyl (C=O) groups is 2. The normalized spacial score (nSPS) is 9.64. The van der Waals surface area contributed by atoms with Crippen LogP contribution in [0.1, 0.15) is 27.6 Å². The Morgan fingerprint density at radius 3 is 2.57 bits per heavy atom. The van der Waals surface area contributed by atoms with Crippen LogP contribution >= 0.6 is 15.9 Å². The maximum Gasteiger partial charge on any atom is 0.160 e. The quantitative estimate of drug-likeness (QED) is 0.617. The molecule has 0 radical (unpaired) electrons. The minimum atomic E-state index is -0.155. The van der Waals surface area contributed by atoms with Crippen molar-refractivity contribution in [3.8, 4) is 5.75 Å². The van der Waals surface area contributed by atoms with Crippen molar-refractivity contribution in [3.05, 3.63) is 27.7 Å². The van der Waals surface area contributed by atoms with E-state index >= 15 is 0 Å².